The van der Waals surface area contributed by atoms with Crippen molar-refractivity contribution in [2.24, 2.45) is 0 Å². The molecule has 0 saturated carbocycles. The first-order valence-corrected chi connectivity index (χ1v) is 10.7. The first-order chi connectivity index (χ1) is 15.1. The number of carbonyl (C=O) groups excluding carboxylic acids is 2. The van der Waals surface area contributed by atoms with E-state index in [2.05, 4.69) is 58.0 Å². The molecule has 1 saturated heterocycles. The zero-order valence-electron chi connectivity index (χ0n) is 17.8. The number of benzene rings is 3. The van der Waals surface area contributed by atoms with Gasteiger partial charge in [-0.25, -0.2) is 4.79 Å². The Morgan fingerprint density at radius 2 is 1.55 bits per heavy atom. The number of para-hydroxylation sites is 1. The summed E-state index contributed by atoms with van der Waals surface area (Å²) in [5, 5.41) is 8.03. The lowest BCUT2D eigenvalue weighted by atomic mass is 10.0. The van der Waals surface area contributed by atoms with Crippen molar-refractivity contribution in [1.82, 2.24) is 15.1 Å². The van der Waals surface area contributed by atoms with Crippen LogP contribution in [0.4, 0.5) is 10.5 Å². The molecule has 3 aromatic carbocycles. The maximum Gasteiger partial charge on any atom is 0.319 e. The van der Waals surface area contributed by atoms with Crippen molar-refractivity contribution in [1.29, 1.82) is 0 Å². The van der Waals surface area contributed by atoms with Crippen LogP contribution in [0.1, 0.15) is 12.5 Å². The summed E-state index contributed by atoms with van der Waals surface area (Å²) in [4.78, 5) is 29.2. The minimum absolute atomic E-state index is 0.0481. The third-order valence-electron chi connectivity index (χ3n) is 5.71. The summed E-state index contributed by atoms with van der Waals surface area (Å²) in [5.74, 6) is -0.0481. The summed E-state index contributed by atoms with van der Waals surface area (Å²) >= 11 is 0. The van der Waals surface area contributed by atoms with E-state index in [1.165, 1.54) is 16.3 Å². The molecule has 160 valence electrons. The van der Waals surface area contributed by atoms with Gasteiger partial charge in [-0.3, -0.25) is 9.69 Å². The van der Waals surface area contributed by atoms with Crippen molar-refractivity contribution in [3.8, 4) is 0 Å². The molecule has 0 aliphatic carbocycles. The van der Waals surface area contributed by atoms with Gasteiger partial charge in [-0.1, -0.05) is 60.7 Å². The highest BCUT2D eigenvalue weighted by Gasteiger charge is 2.26. The lowest BCUT2D eigenvalue weighted by Gasteiger charge is -2.36. The number of fused-ring (bicyclic) bond motifs is 1. The van der Waals surface area contributed by atoms with Crippen LogP contribution in [0.25, 0.3) is 10.8 Å². The summed E-state index contributed by atoms with van der Waals surface area (Å²) in [7, 11) is 0. The third kappa shape index (κ3) is 5.22. The van der Waals surface area contributed by atoms with E-state index < -0.39 is 6.04 Å². The second-order valence-electron chi connectivity index (χ2n) is 7.93. The number of urea groups is 1. The van der Waals surface area contributed by atoms with E-state index in [9.17, 15) is 9.59 Å². The maximum absolute atomic E-state index is 12.8. The van der Waals surface area contributed by atoms with Crippen LogP contribution in [-0.2, 0) is 11.3 Å². The molecular weight excluding hydrogens is 388 g/mol. The summed E-state index contributed by atoms with van der Waals surface area (Å²) in [6.07, 6.45) is 0. The van der Waals surface area contributed by atoms with Crippen LogP contribution in [-0.4, -0.2) is 54.0 Å². The Morgan fingerprint density at radius 1 is 0.871 bits per heavy atom. The molecule has 1 atom stereocenters. The average molecular weight is 417 g/mol. The third-order valence-corrected chi connectivity index (χ3v) is 5.71. The predicted octanol–water partition coefficient (Wildman–Crippen LogP) is 3.69. The zero-order chi connectivity index (χ0) is 21.6. The van der Waals surface area contributed by atoms with Gasteiger partial charge in [0, 0.05) is 38.4 Å². The van der Waals surface area contributed by atoms with Gasteiger partial charge in [-0.05, 0) is 35.4 Å². The van der Waals surface area contributed by atoms with Crippen molar-refractivity contribution in [2.45, 2.75) is 19.5 Å². The van der Waals surface area contributed by atoms with Crippen LogP contribution >= 0.6 is 0 Å². The number of nitrogens with one attached hydrogen (secondary N) is 2. The molecule has 3 amide bonds. The van der Waals surface area contributed by atoms with E-state index in [1.54, 1.807) is 19.1 Å². The van der Waals surface area contributed by atoms with E-state index >= 15 is 0 Å². The molecule has 3 aromatic rings. The minimum Gasteiger partial charge on any atom is -0.338 e. The molecule has 0 radical (unpaired) electrons. The molecule has 0 spiro atoms. The highest BCUT2D eigenvalue weighted by Crippen LogP contribution is 2.20. The first-order valence-electron chi connectivity index (χ1n) is 10.7. The minimum atomic E-state index is -0.576. The highest BCUT2D eigenvalue weighted by molar-refractivity contribution is 5.93. The number of piperazine rings is 1. The average Bonchev–Trinajstić information content (AvgIpc) is 2.80. The lowest BCUT2D eigenvalue weighted by Crippen LogP contribution is -2.54. The summed E-state index contributed by atoms with van der Waals surface area (Å²) in [6, 6.07) is 23.1. The van der Waals surface area contributed by atoms with Crippen LogP contribution < -0.4 is 10.6 Å². The van der Waals surface area contributed by atoms with Gasteiger partial charge in [0.05, 0.1) is 0 Å². The summed E-state index contributed by atoms with van der Waals surface area (Å²) < 4.78 is 0. The first kappa shape index (κ1) is 20.9. The number of anilines is 1. The number of hydrogen-bond acceptors (Lipinski definition) is 3. The monoisotopic (exact) mass is 416 g/mol. The molecule has 2 N–H and O–H groups in total. The fourth-order valence-corrected chi connectivity index (χ4v) is 4.02. The smallest absolute Gasteiger partial charge is 0.319 e. The molecule has 1 aliphatic rings. The number of carbonyl (C=O) groups is 2. The Morgan fingerprint density at radius 3 is 2.32 bits per heavy atom. The second-order valence-corrected chi connectivity index (χ2v) is 7.93. The lowest BCUT2D eigenvalue weighted by molar-refractivity contribution is -0.134. The zero-order valence-corrected chi connectivity index (χ0v) is 17.8. The van der Waals surface area contributed by atoms with Gasteiger partial charge < -0.3 is 15.5 Å². The molecular formula is C25H28N4O2. The highest BCUT2D eigenvalue weighted by atomic mass is 16.2. The van der Waals surface area contributed by atoms with Gasteiger partial charge in [0.2, 0.25) is 5.91 Å². The number of nitrogens with zero attached hydrogens (tertiary/aromatic N) is 2. The second kappa shape index (κ2) is 9.62. The molecule has 31 heavy (non-hydrogen) atoms. The Bertz CT molecular complexity index is 1040. The van der Waals surface area contributed by atoms with Crippen LogP contribution in [0.15, 0.2) is 72.8 Å². The van der Waals surface area contributed by atoms with Crippen LogP contribution in [0.3, 0.4) is 0 Å². The van der Waals surface area contributed by atoms with E-state index in [-0.39, 0.29) is 11.9 Å². The molecule has 6 nitrogen and oxygen atoms in total. The molecule has 0 bridgehead atoms. The molecule has 4 rings (SSSR count). The fourth-order valence-electron chi connectivity index (χ4n) is 4.02. The van der Waals surface area contributed by atoms with Gasteiger partial charge in [0.25, 0.3) is 0 Å². The van der Waals surface area contributed by atoms with Gasteiger partial charge >= 0.3 is 6.03 Å². The molecule has 1 fully saturated rings. The van der Waals surface area contributed by atoms with E-state index in [0.717, 1.165) is 19.6 Å². The summed E-state index contributed by atoms with van der Waals surface area (Å²) in [6.45, 7) is 5.56. The van der Waals surface area contributed by atoms with E-state index in [0.29, 0.717) is 18.8 Å². The molecule has 6 heteroatoms. The number of rotatable bonds is 5. The molecule has 0 aromatic heterocycles. The van der Waals surface area contributed by atoms with Gasteiger partial charge in [-0.2, -0.15) is 0 Å². The number of hydrogen-bond donors (Lipinski definition) is 2. The maximum atomic E-state index is 12.8. The normalized spacial score (nSPS) is 15.5. The standard InChI is InChI=1S/C25H28N4O2/c1-19(26-25(31)27-22-11-3-2-4-12-22)24(30)29-16-14-28(15-17-29)18-21-10-7-9-20-8-5-6-13-23(20)21/h2-13,19H,14-18H2,1H3,(H2,26,27,31)/t19-/m1/s1. The van der Waals surface area contributed by atoms with Gasteiger partial charge in [0.15, 0.2) is 0 Å². The SMILES string of the molecule is C[C@@H](NC(=O)Nc1ccccc1)C(=O)N1CCN(Cc2cccc3ccccc23)CC1. The van der Waals surface area contributed by atoms with Crippen molar-refractivity contribution >= 4 is 28.4 Å². The largest absolute Gasteiger partial charge is 0.338 e. The molecule has 0 unspecified atom stereocenters. The van der Waals surface area contributed by atoms with Crippen LogP contribution in [0, 0.1) is 0 Å². The predicted molar refractivity (Wildman–Crippen MR) is 124 cm³/mol. The van der Waals surface area contributed by atoms with E-state index in [4.69, 9.17) is 0 Å². The Hall–Kier alpha value is -3.38. The van der Waals surface area contributed by atoms with E-state index in [1.807, 2.05) is 23.1 Å². The van der Waals surface area contributed by atoms with Crippen molar-refractivity contribution in [2.75, 3.05) is 31.5 Å². The van der Waals surface area contributed by atoms with Crippen molar-refractivity contribution < 1.29 is 9.59 Å². The fraction of sp³-hybridized carbons (Fsp3) is 0.280. The number of amides is 3. The van der Waals surface area contributed by atoms with Crippen LogP contribution in [0.5, 0.6) is 0 Å². The molecule has 1 aliphatic heterocycles. The van der Waals surface area contributed by atoms with Crippen LogP contribution in [0.2, 0.25) is 0 Å². The van der Waals surface area contributed by atoms with Gasteiger partial charge in [0.1, 0.15) is 6.04 Å². The quantitative estimate of drug-likeness (QED) is 0.667. The summed E-state index contributed by atoms with van der Waals surface area (Å²) in [5.41, 5.74) is 2.01. The van der Waals surface area contributed by atoms with Gasteiger partial charge in [-0.15, -0.1) is 0 Å². The molecule has 1 heterocycles. The van der Waals surface area contributed by atoms with Crippen molar-refractivity contribution in [3.05, 3.63) is 78.4 Å². The Labute approximate surface area is 182 Å². The Kier molecular flexibility index (Phi) is 6.48. The van der Waals surface area contributed by atoms with Crippen molar-refractivity contribution in [3.63, 3.8) is 0 Å². The topological polar surface area (TPSA) is 64.7 Å². The Balaban J connectivity index is 1.28.